The molecule has 0 saturated carbocycles. The maximum atomic E-state index is 13.1. The number of allylic oxidation sites excluding steroid dienone is 2. The number of carbonyl (C=O) groups is 1. The summed E-state index contributed by atoms with van der Waals surface area (Å²) in [6.45, 7) is 3.01. The second-order valence-corrected chi connectivity index (χ2v) is 9.53. The van der Waals surface area contributed by atoms with Crippen LogP contribution in [0.1, 0.15) is 36.0 Å². The Kier molecular flexibility index (Phi) is 6.17. The molecule has 2 aliphatic rings. The normalized spacial score (nSPS) is 16.8. The van der Waals surface area contributed by atoms with E-state index < -0.39 is 0 Å². The zero-order chi connectivity index (χ0) is 24.3. The van der Waals surface area contributed by atoms with E-state index >= 15 is 0 Å². The van der Waals surface area contributed by atoms with Crippen molar-refractivity contribution in [2.24, 2.45) is 0 Å². The monoisotopic (exact) mass is 479 g/mol. The number of fused-ring (bicyclic) bond motifs is 1. The first-order valence-electron chi connectivity index (χ1n) is 12.6. The molecule has 0 radical (unpaired) electrons. The minimum absolute atomic E-state index is 0.0320. The molecular formula is C28H29N7O. The molecular weight excluding hydrogens is 450 g/mol. The van der Waals surface area contributed by atoms with Gasteiger partial charge in [0.05, 0.1) is 11.2 Å². The van der Waals surface area contributed by atoms with Crippen molar-refractivity contribution >= 4 is 16.8 Å². The summed E-state index contributed by atoms with van der Waals surface area (Å²) in [5.41, 5.74) is 5.62. The lowest BCUT2D eigenvalue weighted by Crippen LogP contribution is -2.45. The van der Waals surface area contributed by atoms with Gasteiger partial charge in [0.1, 0.15) is 6.33 Å². The minimum Gasteiger partial charge on any atom is -0.349 e. The number of likely N-dealkylation sites (tertiary alicyclic amines) is 1. The fourth-order valence-electron chi connectivity index (χ4n) is 5.08. The van der Waals surface area contributed by atoms with Gasteiger partial charge in [-0.1, -0.05) is 30.4 Å². The highest BCUT2D eigenvalue weighted by Gasteiger charge is 2.22. The van der Waals surface area contributed by atoms with Crippen molar-refractivity contribution in [3.8, 4) is 22.6 Å². The van der Waals surface area contributed by atoms with Gasteiger partial charge in [0.15, 0.2) is 5.82 Å². The first-order valence-corrected chi connectivity index (χ1v) is 12.6. The minimum atomic E-state index is -0.0320. The van der Waals surface area contributed by atoms with E-state index in [0.29, 0.717) is 11.4 Å². The molecule has 3 heterocycles. The molecule has 4 aromatic rings. The molecule has 1 saturated heterocycles. The second kappa shape index (κ2) is 9.91. The zero-order valence-corrected chi connectivity index (χ0v) is 20.1. The molecule has 1 aliphatic heterocycles. The van der Waals surface area contributed by atoms with Crippen LogP contribution in [0.25, 0.3) is 33.5 Å². The number of aromatic amines is 2. The van der Waals surface area contributed by atoms with E-state index in [9.17, 15) is 4.79 Å². The highest BCUT2D eigenvalue weighted by Crippen LogP contribution is 2.30. The van der Waals surface area contributed by atoms with Crippen molar-refractivity contribution in [3.63, 3.8) is 0 Å². The molecule has 1 amide bonds. The van der Waals surface area contributed by atoms with Crippen LogP contribution in [-0.2, 0) is 0 Å². The number of nitrogens with zero attached hydrogens (tertiary/aromatic N) is 4. The smallest absolute Gasteiger partial charge is 0.251 e. The van der Waals surface area contributed by atoms with Crippen LogP contribution < -0.4 is 5.32 Å². The lowest BCUT2D eigenvalue weighted by molar-refractivity contribution is 0.0913. The molecule has 0 bridgehead atoms. The van der Waals surface area contributed by atoms with Crippen molar-refractivity contribution in [2.45, 2.75) is 31.7 Å². The maximum absolute atomic E-state index is 13.1. The summed E-state index contributed by atoms with van der Waals surface area (Å²) < 4.78 is 0. The summed E-state index contributed by atoms with van der Waals surface area (Å²) in [6.07, 6.45) is 12.6. The number of benzene rings is 2. The Balaban J connectivity index is 1.13. The van der Waals surface area contributed by atoms with Gasteiger partial charge in [0.25, 0.3) is 5.91 Å². The lowest BCUT2D eigenvalue weighted by atomic mass is 10.0. The van der Waals surface area contributed by atoms with E-state index in [0.717, 1.165) is 73.0 Å². The standard InChI is InChI=1S/C28H29N7O/c36-28(31-23-11-13-35(14-12-23)17-19-5-2-1-3-6-19)22-8-4-7-20(15-22)26-24-16-21(27-29-18-30-34-27)9-10-25(24)32-33-26/h2,4-10,15-16,18,23H,1,3,11-14,17H2,(H,31,36)(H,32,33)(H,29,30,34). The molecule has 2 aromatic heterocycles. The molecule has 0 atom stereocenters. The van der Waals surface area contributed by atoms with E-state index in [-0.39, 0.29) is 11.9 Å². The maximum Gasteiger partial charge on any atom is 0.251 e. The third kappa shape index (κ3) is 4.72. The number of hydrogen-bond acceptors (Lipinski definition) is 5. The molecule has 182 valence electrons. The van der Waals surface area contributed by atoms with Crippen LogP contribution in [0.2, 0.25) is 0 Å². The van der Waals surface area contributed by atoms with Gasteiger partial charge in [-0.15, -0.1) is 0 Å². The molecule has 6 rings (SSSR count). The second-order valence-electron chi connectivity index (χ2n) is 9.53. The largest absolute Gasteiger partial charge is 0.349 e. The number of H-pyrrole nitrogens is 2. The molecule has 36 heavy (non-hydrogen) atoms. The van der Waals surface area contributed by atoms with Crippen molar-refractivity contribution in [3.05, 3.63) is 78.2 Å². The Morgan fingerprint density at radius 1 is 1.06 bits per heavy atom. The molecule has 0 unspecified atom stereocenters. The Morgan fingerprint density at radius 2 is 1.97 bits per heavy atom. The zero-order valence-electron chi connectivity index (χ0n) is 20.1. The Bertz CT molecular complexity index is 1430. The highest BCUT2D eigenvalue weighted by atomic mass is 16.1. The summed E-state index contributed by atoms with van der Waals surface area (Å²) in [7, 11) is 0. The highest BCUT2D eigenvalue weighted by molar-refractivity contribution is 5.99. The van der Waals surface area contributed by atoms with Gasteiger partial charge < -0.3 is 5.32 Å². The van der Waals surface area contributed by atoms with Crippen LogP contribution >= 0.6 is 0 Å². The SMILES string of the molecule is O=C(NC1CCN(CC2=CCCC=C2)CC1)c1cccc(-c2n[nH]c3ccc(-c4ncn[nH]4)cc23)c1. The first kappa shape index (κ1) is 22.4. The van der Waals surface area contributed by atoms with Crippen molar-refractivity contribution < 1.29 is 4.79 Å². The third-order valence-electron chi connectivity index (χ3n) is 7.05. The number of amides is 1. The summed E-state index contributed by atoms with van der Waals surface area (Å²) in [5.74, 6) is 0.672. The molecule has 3 N–H and O–H groups in total. The number of carbonyl (C=O) groups excluding carboxylic acids is 1. The van der Waals surface area contributed by atoms with Crippen LogP contribution in [0.3, 0.4) is 0 Å². The van der Waals surface area contributed by atoms with Crippen LogP contribution in [-0.4, -0.2) is 61.9 Å². The van der Waals surface area contributed by atoms with Gasteiger partial charge in [0.2, 0.25) is 0 Å². The van der Waals surface area contributed by atoms with Crippen LogP contribution in [0, 0.1) is 0 Å². The van der Waals surface area contributed by atoms with Gasteiger partial charge in [-0.2, -0.15) is 10.2 Å². The van der Waals surface area contributed by atoms with Crippen LogP contribution in [0.5, 0.6) is 0 Å². The summed E-state index contributed by atoms with van der Waals surface area (Å²) >= 11 is 0. The van der Waals surface area contributed by atoms with Crippen molar-refractivity contribution in [1.82, 2.24) is 35.6 Å². The molecule has 2 aromatic carbocycles. The fourth-order valence-corrected chi connectivity index (χ4v) is 5.08. The predicted octanol–water partition coefficient (Wildman–Crippen LogP) is 4.49. The number of rotatable bonds is 6. The molecule has 8 heteroatoms. The Hall–Kier alpha value is -4.04. The van der Waals surface area contributed by atoms with E-state index in [1.807, 2.05) is 42.5 Å². The van der Waals surface area contributed by atoms with Gasteiger partial charge in [0, 0.05) is 47.8 Å². The topological polar surface area (TPSA) is 103 Å². The van der Waals surface area contributed by atoms with Crippen molar-refractivity contribution in [2.75, 3.05) is 19.6 Å². The van der Waals surface area contributed by atoms with Gasteiger partial charge in [-0.3, -0.25) is 19.9 Å². The van der Waals surface area contributed by atoms with Crippen LogP contribution in [0.15, 0.2) is 72.6 Å². The Morgan fingerprint density at radius 3 is 2.78 bits per heavy atom. The number of nitrogens with one attached hydrogen (secondary N) is 3. The molecule has 0 spiro atoms. The van der Waals surface area contributed by atoms with Crippen molar-refractivity contribution in [1.29, 1.82) is 0 Å². The Labute approximate surface area is 209 Å². The third-order valence-corrected chi connectivity index (χ3v) is 7.05. The number of aromatic nitrogens is 5. The fraction of sp³-hybridized carbons (Fsp3) is 0.286. The molecule has 1 fully saturated rings. The summed E-state index contributed by atoms with van der Waals surface area (Å²) in [5, 5.41) is 18.7. The van der Waals surface area contributed by atoms with Gasteiger partial charge >= 0.3 is 0 Å². The predicted molar refractivity (Wildman–Crippen MR) is 140 cm³/mol. The summed E-state index contributed by atoms with van der Waals surface area (Å²) in [6, 6.07) is 13.9. The molecule has 8 nitrogen and oxygen atoms in total. The van der Waals surface area contributed by atoms with E-state index in [4.69, 9.17) is 0 Å². The van der Waals surface area contributed by atoms with E-state index in [1.165, 1.54) is 11.9 Å². The average Bonchev–Trinajstić information content (AvgIpc) is 3.61. The number of hydrogen-bond donors (Lipinski definition) is 3. The van der Waals surface area contributed by atoms with Gasteiger partial charge in [-0.05, 0) is 61.6 Å². The lowest BCUT2D eigenvalue weighted by Gasteiger charge is -2.32. The molecule has 1 aliphatic carbocycles. The summed E-state index contributed by atoms with van der Waals surface area (Å²) in [4.78, 5) is 19.9. The quantitative estimate of drug-likeness (QED) is 0.378. The van der Waals surface area contributed by atoms with Gasteiger partial charge in [-0.25, -0.2) is 4.98 Å². The first-order chi connectivity index (χ1) is 17.7. The number of piperidine rings is 1. The average molecular weight is 480 g/mol. The van der Waals surface area contributed by atoms with E-state index in [1.54, 1.807) is 0 Å². The van der Waals surface area contributed by atoms with E-state index in [2.05, 4.69) is 53.8 Å². The van der Waals surface area contributed by atoms with Crippen LogP contribution in [0.4, 0.5) is 0 Å².